The Morgan fingerprint density at radius 3 is 0.857 bits per heavy atom. The van der Waals surface area contributed by atoms with Crippen LogP contribution >= 0.6 is 0 Å². The van der Waals surface area contributed by atoms with Gasteiger partial charge < -0.3 is 9.47 Å². The Morgan fingerprint density at radius 1 is 0.536 bits per heavy atom. The van der Waals surface area contributed by atoms with Crippen molar-refractivity contribution < 1.29 is 48.6 Å². The fraction of sp³-hybridized carbons (Fsp3) is 0.667. The fourth-order valence-electron chi connectivity index (χ4n) is 1.16. The zero-order valence-corrected chi connectivity index (χ0v) is 12.6. The third kappa shape index (κ3) is 3.94. The number of hydrogen-bond acceptors (Lipinski definition) is 16. The summed E-state index contributed by atoms with van der Waals surface area (Å²) in [5.41, 5.74) is 0. The first kappa shape index (κ1) is 23.3. The third-order valence-electron chi connectivity index (χ3n) is 2.71. The van der Waals surface area contributed by atoms with Crippen molar-refractivity contribution in [1.29, 1.82) is 0 Å². The van der Waals surface area contributed by atoms with Gasteiger partial charge >= 0.3 is 36.7 Å². The van der Waals surface area contributed by atoms with Gasteiger partial charge in [0.25, 0.3) is 0 Å². The largest absolute Gasteiger partial charge is 0.734 e. The van der Waals surface area contributed by atoms with E-state index in [0.717, 1.165) is 0 Å². The van der Waals surface area contributed by atoms with E-state index in [2.05, 4.69) is 9.47 Å². The molecule has 0 bridgehead atoms. The molecule has 0 aromatic heterocycles. The molecule has 0 heterocycles. The van der Waals surface area contributed by atoms with Gasteiger partial charge in [0.1, 0.15) is 0 Å². The van der Waals surface area contributed by atoms with E-state index in [1.54, 1.807) is 0 Å². The number of carbonyl (C=O) groups excluding carboxylic acids is 2. The molecule has 154 valence electrons. The van der Waals surface area contributed by atoms with Crippen molar-refractivity contribution in [2.75, 3.05) is 13.2 Å². The van der Waals surface area contributed by atoms with E-state index in [-0.39, 0.29) is 0 Å². The van der Waals surface area contributed by atoms with E-state index >= 15 is 0 Å². The number of nitro groups is 6. The van der Waals surface area contributed by atoms with E-state index in [1.165, 1.54) is 0 Å². The summed E-state index contributed by atoms with van der Waals surface area (Å²) < 4.78 is 7.30. The number of hydrogen-bond donors (Lipinski definition) is 0. The van der Waals surface area contributed by atoms with E-state index in [0.29, 0.717) is 0 Å². The lowest BCUT2D eigenvalue weighted by molar-refractivity contribution is -0.970. The van der Waals surface area contributed by atoms with Gasteiger partial charge in [0, 0.05) is 0 Å². The van der Waals surface area contributed by atoms with Crippen molar-refractivity contribution in [3.63, 3.8) is 0 Å². The van der Waals surface area contributed by atoms with Gasteiger partial charge in [-0.2, -0.15) is 0 Å². The average Bonchev–Trinajstić information content (AvgIpc) is 2.53. The molecule has 0 fully saturated rings. The van der Waals surface area contributed by atoms with Crippen LogP contribution in [0.2, 0.25) is 0 Å². The fourth-order valence-corrected chi connectivity index (χ4v) is 1.16. The van der Waals surface area contributed by atoms with Crippen LogP contribution in [0.3, 0.4) is 0 Å². The first-order chi connectivity index (χ1) is 12.7. The summed E-state index contributed by atoms with van der Waals surface area (Å²) in [5, 5.41) is 63.4. The topological polar surface area (TPSA) is 311 Å². The molecule has 0 aliphatic rings. The molecule has 0 aromatic rings. The molecule has 0 spiro atoms. The lowest BCUT2D eigenvalue weighted by Crippen LogP contribution is -2.58. The number of nitrogens with zero attached hydrogens (tertiary/aromatic N) is 6. The second kappa shape index (κ2) is 8.15. The number of carbonyl (C=O) groups is 2. The molecule has 0 saturated carbocycles. The SMILES string of the molecule is O=C(OCC([N+](=O)[O-])([N+](=O)[O-])[N+](=O)[O-])C(=O)OCC([N+](=O)[O-])([N+](=O)[O-])[N+](=O)[O-]. The number of esters is 2. The molecule has 28 heavy (non-hydrogen) atoms. The molecular weight excluding hydrogens is 412 g/mol. The molecule has 0 aliphatic carbocycles. The molecule has 0 rings (SSSR count). The number of ether oxygens (including phenoxy) is 2. The normalized spacial score (nSPS) is 11.0. The van der Waals surface area contributed by atoms with E-state index < -0.39 is 66.3 Å². The van der Waals surface area contributed by atoms with Crippen molar-refractivity contribution in [3.8, 4) is 0 Å². The Labute approximate surface area is 147 Å². The van der Waals surface area contributed by atoms with Gasteiger partial charge in [0.2, 0.25) is 0 Å². The lowest BCUT2D eigenvalue weighted by Gasteiger charge is -2.10. The van der Waals surface area contributed by atoms with Gasteiger partial charge in [-0.3, -0.25) is 60.7 Å². The van der Waals surface area contributed by atoms with E-state index in [4.69, 9.17) is 0 Å². The van der Waals surface area contributed by atoms with Crippen molar-refractivity contribution in [2.24, 2.45) is 0 Å². The molecule has 0 saturated heterocycles. The maximum absolute atomic E-state index is 11.2. The van der Waals surface area contributed by atoms with Gasteiger partial charge in [0.15, 0.2) is 29.5 Å². The zero-order valence-electron chi connectivity index (χ0n) is 12.6. The molecule has 0 N–H and O–H groups in total. The summed E-state index contributed by atoms with van der Waals surface area (Å²) in [6, 6.07) is 0. The van der Waals surface area contributed by atoms with Crippen LogP contribution in [-0.2, 0) is 19.1 Å². The minimum atomic E-state index is -4.33. The van der Waals surface area contributed by atoms with Gasteiger partial charge in [-0.25, -0.2) is 9.59 Å². The summed E-state index contributed by atoms with van der Waals surface area (Å²) >= 11 is 0. The molecule has 0 unspecified atom stereocenters. The van der Waals surface area contributed by atoms with Gasteiger partial charge in [0.05, 0.1) is 0 Å². The van der Waals surface area contributed by atoms with Crippen LogP contribution in [0.5, 0.6) is 0 Å². The van der Waals surface area contributed by atoms with Crippen LogP contribution in [0.1, 0.15) is 0 Å². The van der Waals surface area contributed by atoms with Gasteiger partial charge in [-0.15, -0.1) is 0 Å². The second-order valence-electron chi connectivity index (χ2n) is 4.24. The third-order valence-corrected chi connectivity index (χ3v) is 2.71. The van der Waals surface area contributed by atoms with Gasteiger partial charge in [-0.05, 0) is 0 Å². The van der Waals surface area contributed by atoms with Crippen molar-refractivity contribution in [1.82, 2.24) is 0 Å². The Kier molecular flexibility index (Phi) is 6.79. The van der Waals surface area contributed by atoms with Crippen molar-refractivity contribution >= 4 is 11.9 Å². The quantitative estimate of drug-likeness (QED) is 0.113. The maximum Gasteiger partial charge on any atom is 0.734 e. The summed E-state index contributed by atoms with van der Waals surface area (Å²) in [6.07, 6.45) is 0. The Morgan fingerprint density at radius 2 is 0.714 bits per heavy atom. The Hall–Kier alpha value is -4.66. The molecule has 0 amide bonds. The predicted octanol–water partition coefficient (Wildman–Crippen LogP) is -2.96. The predicted molar refractivity (Wildman–Crippen MR) is 69.3 cm³/mol. The van der Waals surface area contributed by atoms with E-state index in [1.807, 2.05) is 0 Å². The van der Waals surface area contributed by atoms with E-state index in [9.17, 15) is 70.3 Å². The van der Waals surface area contributed by atoms with Crippen molar-refractivity contribution in [2.45, 2.75) is 11.6 Å². The highest BCUT2D eigenvalue weighted by atomic mass is 16.8. The first-order valence-corrected chi connectivity index (χ1v) is 5.88. The highest BCUT2D eigenvalue weighted by Gasteiger charge is 2.73. The Balaban J connectivity index is 5.37. The minimum absolute atomic E-state index is 2.08. The first-order valence-electron chi connectivity index (χ1n) is 5.88. The number of rotatable bonds is 10. The van der Waals surface area contributed by atoms with Crippen LogP contribution in [0, 0.1) is 60.7 Å². The lowest BCUT2D eigenvalue weighted by atomic mass is 10.4. The summed E-state index contributed by atoms with van der Waals surface area (Å²) in [6.45, 7) is -4.53. The minimum Gasteiger partial charge on any atom is -0.432 e. The highest BCUT2D eigenvalue weighted by Crippen LogP contribution is 2.15. The summed E-state index contributed by atoms with van der Waals surface area (Å²) in [5.74, 6) is -13.6. The molecule has 0 aliphatic heterocycles. The smallest absolute Gasteiger partial charge is 0.432 e. The van der Waals surface area contributed by atoms with Crippen LogP contribution < -0.4 is 0 Å². The zero-order chi connectivity index (χ0) is 22.4. The van der Waals surface area contributed by atoms with Crippen LogP contribution in [0.15, 0.2) is 0 Å². The molecule has 0 radical (unpaired) electrons. The van der Waals surface area contributed by atoms with Crippen molar-refractivity contribution in [3.05, 3.63) is 60.7 Å². The summed E-state index contributed by atoms with van der Waals surface area (Å²) in [7, 11) is 0. The molecular formula is C6H4N6O16. The molecule has 0 atom stereocenters. The van der Waals surface area contributed by atoms with Crippen LogP contribution in [0.25, 0.3) is 0 Å². The van der Waals surface area contributed by atoms with Crippen LogP contribution in [-0.4, -0.2) is 66.3 Å². The monoisotopic (exact) mass is 416 g/mol. The molecule has 22 nitrogen and oxygen atoms in total. The molecule has 22 heteroatoms. The van der Waals surface area contributed by atoms with Gasteiger partial charge in [-0.1, -0.05) is 0 Å². The summed E-state index contributed by atoms with van der Waals surface area (Å²) in [4.78, 5) is 73.3. The standard InChI is InChI=1S/C6H4N6O16/c13-3(27-1-5(7(15)16,8(17)18)9(19)20)4(14)28-2-6(10(21)22,11(23)24)12(25)26/h1-2H2. The molecule has 0 aromatic carbocycles. The maximum atomic E-state index is 11.2. The Bertz CT molecular complexity index is 636. The van der Waals surface area contributed by atoms with Crippen LogP contribution in [0.4, 0.5) is 0 Å². The highest BCUT2D eigenvalue weighted by molar-refractivity contribution is 6.29. The second-order valence-corrected chi connectivity index (χ2v) is 4.24. The average molecular weight is 416 g/mol.